The average molecular weight is 523 g/mol. The van der Waals surface area contributed by atoms with E-state index in [2.05, 4.69) is 5.32 Å². The van der Waals surface area contributed by atoms with E-state index in [1.54, 1.807) is 35.2 Å². The number of phenols is 1. The van der Waals surface area contributed by atoms with Gasteiger partial charge in [-0.05, 0) is 54.2 Å². The second-order valence-corrected chi connectivity index (χ2v) is 9.39. The van der Waals surface area contributed by atoms with Crippen molar-refractivity contribution in [3.05, 3.63) is 101 Å². The monoisotopic (exact) mass is 522 g/mol. The molecule has 38 heavy (non-hydrogen) atoms. The second-order valence-electron chi connectivity index (χ2n) is 9.39. The molecule has 1 atom stereocenters. The number of aryl methyl sites for hydroxylation is 1. The lowest BCUT2D eigenvalue weighted by Gasteiger charge is -2.39. The number of nitrogens with zero attached hydrogens (tertiary/aromatic N) is 1. The maximum absolute atomic E-state index is 13.8. The first-order valence-electron chi connectivity index (χ1n) is 12.8. The van der Waals surface area contributed by atoms with Gasteiger partial charge in [0.25, 0.3) is 6.43 Å². The lowest BCUT2D eigenvalue weighted by Crippen LogP contribution is -2.50. The molecular weight excluding hydrogens is 490 g/mol. The SMILES string of the molecule is O=C(NCc1ccccc1)C(c1cccc(C(F)F)c1)N(C(=O)CCc1ccc(O)cc1)C1CCOCC1. The number of hydrogen-bond acceptors (Lipinski definition) is 4. The molecule has 1 fully saturated rings. The van der Waals surface area contributed by atoms with Gasteiger partial charge in [-0.1, -0.05) is 60.7 Å². The van der Waals surface area contributed by atoms with Crippen molar-refractivity contribution in [1.29, 1.82) is 0 Å². The molecule has 1 aliphatic heterocycles. The largest absolute Gasteiger partial charge is 0.508 e. The van der Waals surface area contributed by atoms with Crippen LogP contribution in [-0.4, -0.2) is 41.1 Å². The molecule has 1 aliphatic rings. The lowest BCUT2D eigenvalue weighted by atomic mass is 9.96. The summed E-state index contributed by atoms with van der Waals surface area (Å²) in [7, 11) is 0. The van der Waals surface area contributed by atoms with Crippen LogP contribution < -0.4 is 5.32 Å². The number of hydrogen-bond donors (Lipinski definition) is 2. The van der Waals surface area contributed by atoms with Crippen molar-refractivity contribution < 1.29 is 28.2 Å². The minimum Gasteiger partial charge on any atom is -0.508 e. The summed E-state index contributed by atoms with van der Waals surface area (Å²) in [6, 6.07) is 20.4. The Balaban J connectivity index is 1.66. The fourth-order valence-corrected chi connectivity index (χ4v) is 4.75. The predicted octanol–water partition coefficient (Wildman–Crippen LogP) is 5.33. The standard InChI is InChI=1S/C30H32F2N2O4/c31-29(32)24-8-4-7-23(19-24)28(30(37)33-20-22-5-2-1-3-6-22)34(25-15-17-38-18-16-25)27(36)14-11-21-9-12-26(35)13-10-21/h1-10,12-13,19,25,28-29,35H,11,14-18,20H2,(H,33,37). The number of aromatic hydroxyl groups is 1. The molecule has 0 aliphatic carbocycles. The van der Waals surface area contributed by atoms with Gasteiger partial charge in [-0.15, -0.1) is 0 Å². The zero-order chi connectivity index (χ0) is 26.9. The molecule has 8 heteroatoms. The molecule has 0 radical (unpaired) electrons. The van der Waals surface area contributed by atoms with Crippen molar-refractivity contribution in [3.63, 3.8) is 0 Å². The van der Waals surface area contributed by atoms with Crippen LogP contribution in [0.4, 0.5) is 8.78 Å². The number of alkyl halides is 2. The summed E-state index contributed by atoms with van der Waals surface area (Å²) in [6.45, 7) is 1.14. The van der Waals surface area contributed by atoms with Crippen molar-refractivity contribution in [2.24, 2.45) is 0 Å². The van der Waals surface area contributed by atoms with Gasteiger partial charge < -0.3 is 20.1 Å². The number of ether oxygens (including phenoxy) is 1. The van der Waals surface area contributed by atoms with Gasteiger partial charge >= 0.3 is 0 Å². The highest BCUT2D eigenvalue weighted by molar-refractivity contribution is 5.89. The minimum absolute atomic E-state index is 0.124. The summed E-state index contributed by atoms with van der Waals surface area (Å²) in [4.78, 5) is 29.1. The van der Waals surface area contributed by atoms with Crippen LogP contribution >= 0.6 is 0 Å². The molecular formula is C30H32F2N2O4. The van der Waals surface area contributed by atoms with Crippen molar-refractivity contribution in [2.75, 3.05) is 13.2 Å². The summed E-state index contributed by atoms with van der Waals surface area (Å²) in [6.07, 6.45) is -1.08. The van der Waals surface area contributed by atoms with Gasteiger partial charge in [0.05, 0.1) is 0 Å². The number of phenolic OH excluding ortho intramolecular Hbond substituents is 1. The van der Waals surface area contributed by atoms with E-state index in [0.717, 1.165) is 11.1 Å². The van der Waals surface area contributed by atoms with Crippen LogP contribution in [-0.2, 0) is 27.3 Å². The number of benzene rings is 3. The quantitative estimate of drug-likeness (QED) is 0.377. The van der Waals surface area contributed by atoms with Crippen LogP contribution in [0, 0.1) is 0 Å². The maximum Gasteiger partial charge on any atom is 0.263 e. The van der Waals surface area contributed by atoms with Crippen LogP contribution in [0.2, 0.25) is 0 Å². The minimum atomic E-state index is -2.70. The van der Waals surface area contributed by atoms with E-state index in [4.69, 9.17) is 4.74 Å². The lowest BCUT2D eigenvalue weighted by molar-refractivity contribution is -0.146. The van der Waals surface area contributed by atoms with Gasteiger partial charge in [-0.2, -0.15) is 0 Å². The highest BCUT2D eigenvalue weighted by atomic mass is 19.3. The van der Waals surface area contributed by atoms with Crippen LogP contribution in [0.25, 0.3) is 0 Å². The van der Waals surface area contributed by atoms with Crippen molar-refractivity contribution >= 4 is 11.8 Å². The van der Waals surface area contributed by atoms with Gasteiger partial charge in [-0.3, -0.25) is 9.59 Å². The molecule has 3 aromatic carbocycles. The Morgan fingerprint density at radius 1 is 0.921 bits per heavy atom. The molecule has 6 nitrogen and oxygen atoms in total. The number of halogens is 2. The van der Waals surface area contributed by atoms with Gasteiger partial charge in [-0.25, -0.2) is 8.78 Å². The average Bonchev–Trinajstić information content (AvgIpc) is 2.95. The number of amides is 2. The van der Waals surface area contributed by atoms with Crippen LogP contribution in [0.3, 0.4) is 0 Å². The first-order valence-corrected chi connectivity index (χ1v) is 12.8. The molecule has 2 N–H and O–H groups in total. The molecule has 1 unspecified atom stereocenters. The van der Waals surface area contributed by atoms with Crippen LogP contribution in [0.1, 0.15) is 54.0 Å². The molecule has 2 amide bonds. The first-order chi connectivity index (χ1) is 18.4. The fraction of sp³-hybridized carbons (Fsp3) is 0.333. The highest BCUT2D eigenvalue weighted by Crippen LogP contribution is 2.31. The summed E-state index contributed by atoms with van der Waals surface area (Å²) >= 11 is 0. The van der Waals surface area contributed by atoms with Crippen LogP contribution in [0.15, 0.2) is 78.9 Å². The van der Waals surface area contributed by atoms with E-state index >= 15 is 0 Å². The molecule has 0 saturated carbocycles. The summed E-state index contributed by atoms with van der Waals surface area (Å²) < 4.78 is 32.7. The molecule has 0 bridgehead atoms. The van der Waals surface area contributed by atoms with Gasteiger partial charge in [0.2, 0.25) is 11.8 Å². The van der Waals surface area contributed by atoms with E-state index < -0.39 is 18.4 Å². The molecule has 0 spiro atoms. The maximum atomic E-state index is 13.8. The van der Waals surface area contributed by atoms with E-state index in [-0.39, 0.29) is 36.2 Å². The van der Waals surface area contributed by atoms with E-state index in [1.807, 2.05) is 30.3 Å². The van der Waals surface area contributed by atoms with E-state index in [9.17, 15) is 23.5 Å². The van der Waals surface area contributed by atoms with E-state index in [1.165, 1.54) is 18.2 Å². The molecule has 4 rings (SSSR count). The summed E-state index contributed by atoms with van der Waals surface area (Å²) in [5.41, 5.74) is 1.90. The van der Waals surface area contributed by atoms with Gasteiger partial charge in [0, 0.05) is 37.8 Å². The number of carbonyl (C=O) groups excluding carboxylic acids is 2. The Morgan fingerprint density at radius 3 is 2.29 bits per heavy atom. The highest BCUT2D eigenvalue weighted by Gasteiger charge is 2.37. The predicted molar refractivity (Wildman–Crippen MR) is 140 cm³/mol. The van der Waals surface area contributed by atoms with Crippen LogP contribution in [0.5, 0.6) is 5.75 Å². The first kappa shape index (κ1) is 27.3. The third kappa shape index (κ3) is 7.16. The fourth-order valence-electron chi connectivity index (χ4n) is 4.75. The molecule has 3 aromatic rings. The smallest absolute Gasteiger partial charge is 0.263 e. The zero-order valence-electron chi connectivity index (χ0n) is 21.1. The summed E-state index contributed by atoms with van der Waals surface area (Å²) in [5.74, 6) is -0.532. The number of carbonyl (C=O) groups is 2. The Labute approximate surface area is 221 Å². The van der Waals surface area contributed by atoms with Crippen molar-refractivity contribution in [1.82, 2.24) is 10.2 Å². The molecule has 200 valence electrons. The molecule has 1 saturated heterocycles. The number of nitrogens with one attached hydrogen (secondary N) is 1. The summed E-state index contributed by atoms with van der Waals surface area (Å²) in [5, 5.41) is 12.5. The van der Waals surface area contributed by atoms with Gasteiger partial charge in [0.15, 0.2) is 0 Å². The van der Waals surface area contributed by atoms with Crippen molar-refractivity contribution in [2.45, 2.75) is 50.7 Å². The Morgan fingerprint density at radius 2 is 1.61 bits per heavy atom. The van der Waals surface area contributed by atoms with Crippen molar-refractivity contribution in [3.8, 4) is 5.75 Å². The molecule has 1 heterocycles. The Kier molecular flexibility index (Phi) is 9.43. The third-order valence-electron chi connectivity index (χ3n) is 6.75. The Hall–Kier alpha value is -3.78. The van der Waals surface area contributed by atoms with Gasteiger partial charge in [0.1, 0.15) is 11.8 Å². The topological polar surface area (TPSA) is 78.9 Å². The Bertz CT molecular complexity index is 1200. The zero-order valence-corrected chi connectivity index (χ0v) is 21.1. The van der Waals surface area contributed by atoms with E-state index in [0.29, 0.717) is 38.0 Å². The number of rotatable bonds is 10. The second kappa shape index (κ2) is 13.1. The molecule has 0 aromatic heterocycles. The normalized spacial score (nSPS) is 14.7. The third-order valence-corrected chi connectivity index (χ3v) is 6.75.